The van der Waals surface area contributed by atoms with Gasteiger partial charge < -0.3 is 14.5 Å². The number of likely N-dealkylation sites (tertiary alicyclic amines) is 1. The summed E-state index contributed by atoms with van der Waals surface area (Å²) in [5.74, 6) is 0.117. The van der Waals surface area contributed by atoms with E-state index in [-0.39, 0.29) is 5.92 Å². The van der Waals surface area contributed by atoms with Crippen molar-refractivity contribution >= 4 is 5.97 Å². The number of carboxylic acids is 1. The van der Waals surface area contributed by atoms with E-state index in [9.17, 15) is 9.90 Å². The Morgan fingerprint density at radius 3 is 2.37 bits per heavy atom. The van der Waals surface area contributed by atoms with Crippen LogP contribution in [0.2, 0.25) is 0 Å². The molecule has 1 fully saturated rings. The van der Waals surface area contributed by atoms with Crippen LogP contribution < -0.4 is 0 Å². The molecule has 0 unspecified atom stereocenters. The van der Waals surface area contributed by atoms with E-state index < -0.39 is 5.97 Å². The molecule has 0 saturated carbocycles. The molecule has 5 rings (SSSR count). The van der Waals surface area contributed by atoms with E-state index in [0.717, 1.165) is 67.8 Å². The van der Waals surface area contributed by atoms with Crippen LogP contribution in [0.4, 0.5) is 0 Å². The van der Waals surface area contributed by atoms with Crippen molar-refractivity contribution in [1.29, 1.82) is 0 Å². The predicted octanol–water partition coefficient (Wildman–Crippen LogP) is 5.55. The number of aryl methyl sites for hydroxylation is 3. The molecule has 2 aromatic carbocycles. The summed E-state index contributed by atoms with van der Waals surface area (Å²) in [4.78, 5) is 18.3. The fourth-order valence-electron chi connectivity index (χ4n) is 5.57. The molecule has 8 heteroatoms. The molecule has 1 saturated heterocycles. The van der Waals surface area contributed by atoms with Gasteiger partial charge in [0.2, 0.25) is 5.82 Å². The van der Waals surface area contributed by atoms with E-state index in [1.54, 1.807) is 0 Å². The summed E-state index contributed by atoms with van der Waals surface area (Å²) in [6, 6.07) is 14.5. The maximum atomic E-state index is 11.2. The molecule has 1 aliphatic rings. The molecule has 0 radical (unpaired) electrons. The van der Waals surface area contributed by atoms with Crippen molar-refractivity contribution in [1.82, 2.24) is 24.8 Å². The van der Waals surface area contributed by atoms with E-state index in [0.29, 0.717) is 17.4 Å². The first kappa shape index (κ1) is 25.9. The van der Waals surface area contributed by atoms with E-state index in [2.05, 4.69) is 55.1 Å². The lowest BCUT2D eigenvalue weighted by Gasteiger charge is -2.30. The molecule has 3 heterocycles. The summed E-state index contributed by atoms with van der Waals surface area (Å²) in [6.07, 6.45) is 2.40. The topological polar surface area (TPSA) is 97.3 Å². The van der Waals surface area contributed by atoms with Crippen molar-refractivity contribution < 1.29 is 14.4 Å². The number of aliphatic carboxylic acids is 1. The first-order valence-electron chi connectivity index (χ1n) is 13.4. The van der Waals surface area contributed by atoms with Crippen molar-refractivity contribution in [2.75, 3.05) is 19.6 Å². The van der Waals surface area contributed by atoms with Crippen LogP contribution in [0.25, 0.3) is 34.2 Å². The summed E-state index contributed by atoms with van der Waals surface area (Å²) in [5, 5.41) is 18.3. The second-order valence-electron chi connectivity index (χ2n) is 10.2. The lowest BCUT2D eigenvalue weighted by Crippen LogP contribution is -2.37. The molecule has 0 spiro atoms. The average Bonchev–Trinajstić information content (AvgIpc) is 3.53. The number of benzene rings is 2. The second-order valence-corrected chi connectivity index (χ2v) is 10.2. The van der Waals surface area contributed by atoms with Crippen molar-refractivity contribution in [2.45, 2.75) is 53.5 Å². The third-order valence-electron chi connectivity index (χ3n) is 7.73. The summed E-state index contributed by atoms with van der Waals surface area (Å²) in [5.41, 5.74) is 8.54. The van der Waals surface area contributed by atoms with Gasteiger partial charge in [-0.3, -0.25) is 9.48 Å². The Morgan fingerprint density at radius 1 is 1.05 bits per heavy atom. The maximum Gasteiger partial charge on any atom is 0.306 e. The zero-order valence-corrected chi connectivity index (χ0v) is 22.6. The minimum Gasteiger partial charge on any atom is -0.481 e. The number of rotatable bonds is 8. The number of piperidine rings is 1. The van der Waals surface area contributed by atoms with Crippen LogP contribution in [0.15, 0.2) is 47.0 Å². The van der Waals surface area contributed by atoms with Gasteiger partial charge in [-0.1, -0.05) is 35.5 Å². The third kappa shape index (κ3) is 5.13. The van der Waals surface area contributed by atoms with E-state index in [1.807, 2.05) is 29.8 Å². The summed E-state index contributed by atoms with van der Waals surface area (Å²) in [6.45, 7) is 11.7. The molecule has 1 N–H and O–H groups in total. The molecule has 8 nitrogen and oxygen atoms in total. The Labute approximate surface area is 223 Å². The normalized spacial score (nSPS) is 14.7. The zero-order chi connectivity index (χ0) is 26.8. The highest BCUT2D eigenvalue weighted by atomic mass is 16.5. The largest absolute Gasteiger partial charge is 0.481 e. The molecule has 1 aliphatic heterocycles. The summed E-state index contributed by atoms with van der Waals surface area (Å²) >= 11 is 0. The molecule has 0 aliphatic carbocycles. The average molecular weight is 514 g/mol. The fraction of sp³-hybridized carbons (Fsp3) is 0.400. The number of carbonyl (C=O) groups is 1. The van der Waals surface area contributed by atoms with Gasteiger partial charge in [-0.05, 0) is 88.9 Å². The highest BCUT2D eigenvalue weighted by Crippen LogP contribution is 2.32. The molecule has 0 amide bonds. The van der Waals surface area contributed by atoms with E-state index in [4.69, 9.17) is 14.6 Å². The van der Waals surface area contributed by atoms with Crippen LogP contribution in [0.3, 0.4) is 0 Å². The quantitative estimate of drug-likeness (QED) is 0.330. The molecule has 198 valence electrons. The minimum absolute atomic E-state index is 0.196. The number of aromatic nitrogens is 4. The van der Waals surface area contributed by atoms with Crippen molar-refractivity contribution in [3.63, 3.8) is 0 Å². The van der Waals surface area contributed by atoms with Gasteiger partial charge >= 0.3 is 5.97 Å². The monoisotopic (exact) mass is 513 g/mol. The van der Waals surface area contributed by atoms with Gasteiger partial charge in [0, 0.05) is 29.8 Å². The lowest BCUT2D eigenvalue weighted by molar-refractivity contribution is -0.143. The van der Waals surface area contributed by atoms with Crippen molar-refractivity contribution in [3.05, 3.63) is 64.7 Å². The van der Waals surface area contributed by atoms with Gasteiger partial charge in [0.15, 0.2) is 5.69 Å². The van der Waals surface area contributed by atoms with E-state index >= 15 is 0 Å². The zero-order valence-electron chi connectivity index (χ0n) is 22.6. The van der Waals surface area contributed by atoms with Crippen LogP contribution in [-0.2, 0) is 17.8 Å². The van der Waals surface area contributed by atoms with Crippen molar-refractivity contribution in [3.8, 4) is 34.2 Å². The Bertz CT molecular complexity index is 1410. The molecule has 2 aromatic heterocycles. The SMILES string of the molecule is CCn1nc(-c2nc(-c3cc(C)c(CCN4CCC(C(=O)O)CC4)c(C)c3)no2)c(C)c1-c1ccccc1. The van der Waals surface area contributed by atoms with E-state index in [1.165, 1.54) is 16.7 Å². The Kier molecular flexibility index (Phi) is 7.42. The Morgan fingerprint density at radius 2 is 1.74 bits per heavy atom. The number of hydrogen-bond donors (Lipinski definition) is 1. The molecular formula is C30H35N5O3. The first-order valence-corrected chi connectivity index (χ1v) is 13.4. The van der Waals surface area contributed by atoms with Crippen LogP contribution in [-0.4, -0.2) is 55.5 Å². The van der Waals surface area contributed by atoms with Gasteiger partial charge in [0.1, 0.15) is 0 Å². The number of hydrogen-bond acceptors (Lipinski definition) is 6. The summed E-state index contributed by atoms with van der Waals surface area (Å²) in [7, 11) is 0. The number of carboxylic acid groups (broad SMARTS) is 1. The van der Waals surface area contributed by atoms with Gasteiger partial charge in [-0.25, -0.2) is 0 Å². The lowest BCUT2D eigenvalue weighted by atomic mass is 9.94. The highest BCUT2D eigenvalue weighted by molar-refractivity contribution is 5.72. The van der Waals surface area contributed by atoms with Crippen LogP contribution in [0, 0.1) is 26.7 Å². The van der Waals surface area contributed by atoms with Crippen LogP contribution >= 0.6 is 0 Å². The minimum atomic E-state index is -0.665. The van der Waals surface area contributed by atoms with Gasteiger partial charge in [-0.2, -0.15) is 10.1 Å². The fourth-order valence-corrected chi connectivity index (χ4v) is 5.57. The molecule has 4 aromatic rings. The first-order chi connectivity index (χ1) is 18.4. The maximum absolute atomic E-state index is 11.2. The molecule has 38 heavy (non-hydrogen) atoms. The van der Waals surface area contributed by atoms with Crippen molar-refractivity contribution in [2.24, 2.45) is 5.92 Å². The Balaban J connectivity index is 1.34. The highest BCUT2D eigenvalue weighted by Gasteiger charge is 2.25. The third-order valence-corrected chi connectivity index (χ3v) is 7.73. The van der Waals surface area contributed by atoms with Gasteiger partial charge in [0.05, 0.1) is 11.6 Å². The smallest absolute Gasteiger partial charge is 0.306 e. The number of nitrogens with zero attached hydrogens (tertiary/aromatic N) is 5. The van der Waals surface area contributed by atoms with Gasteiger partial charge in [0.25, 0.3) is 5.89 Å². The van der Waals surface area contributed by atoms with Crippen LogP contribution in [0.1, 0.15) is 42.0 Å². The predicted molar refractivity (Wildman–Crippen MR) is 147 cm³/mol. The molecule has 0 bridgehead atoms. The van der Waals surface area contributed by atoms with Gasteiger partial charge in [-0.15, -0.1) is 0 Å². The molecule has 0 atom stereocenters. The summed E-state index contributed by atoms with van der Waals surface area (Å²) < 4.78 is 7.69. The Hall–Kier alpha value is -3.78. The second kappa shape index (κ2) is 10.9. The molecular weight excluding hydrogens is 478 g/mol. The standard InChI is InChI=1S/C30H35N5O3/c1-5-35-27(22-9-7-6-8-10-22)21(4)26(32-35)29-31-28(33-38-29)24-17-19(2)25(20(3)18-24)13-16-34-14-11-23(12-15-34)30(36)37/h6-10,17-18,23H,5,11-16H2,1-4H3,(H,36,37). The van der Waals surface area contributed by atoms with Crippen LogP contribution in [0.5, 0.6) is 0 Å².